The van der Waals surface area contributed by atoms with E-state index in [0.717, 1.165) is 16.5 Å². The molecule has 0 unspecified atom stereocenters. The molecule has 7 heteroatoms. The molecular weight excluding hydrogens is 264 g/mol. The maximum absolute atomic E-state index is 11.3. The zero-order valence-corrected chi connectivity index (χ0v) is 11.4. The van der Waals surface area contributed by atoms with E-state index in [1.165, 1.54) is 7.05 Å². The summed E-state index contributed by atoms with van der Waals surface area (Å²) in [5.41, 5.74) is 7.37. The van der Waals surface area contributed by atoms with Crippen LogP contribution in [0.15, 0.2) is 30.6 Å². The van der Waals surface area contributed by atoms with Crippen molar-refractivity contribution >= 4 is 32.2 Å². The van der Waals surface area contributed by atoms with Crippen molar-refractivity contribution in [2.24, 2.45) is 0 Å². The number of anilines is 2. The summed E-state index contributed by atoms with van der Waals surface area (Å²) in [5.74, 6) is 0.0143. The molecule has 0 aliphatic heterocycles. The van der Waals surface area contributed by atoms with E-state index in [1.807, 2.05) is 12.1 Å². The molecule has 2 rings (SSSR count). The Labute approximate surface area is 112 Å². The molecule has 0 saturated carbocycles. The van der Waals surface area contributed by atoms with E-state index in [4.69, 9.17) is 5.73 Å². The number of nitrogens with one attached hydrogen (secondary N) is 2. The van der Waals surface area contributed by atoms with Gasteiger partial charge in [-0.25, -0.2) is 13.1 Å². The average Bonchev–Trinajstić information content (AvgIpc) is 2.42. The highest BCUT2D eigenvalue weighted by Crippen LogP contribution is 2.27. The number of hydrogen-bond acceptors (Lipinski definition) is 5. The SMILES string of the molecule is CNS(=O)(=O)CCNc1ccc(N)c2cnccc12. The first-order valence-electron chi connectivity index (χ1n) is 5.81. The third-order valence-electron chi connectivity index (χ3n) is 2.85. The van der Waals surface area contributed by atoms with E-state index in [0.29, 0.717) is 12.2 Å². The molecule has 19 heavy (non-hydrogen) atoms. The zero-order valence-electron chi connectivity index (χ0n) is 10.6. The van der Waals surface area contributed by atoms with Crippen molar-refractivity contribution in [2.45, 2.75) is 0 Å². The summed E-state index contributed by atoms with van der Waals surface area (Å²) in [6.45, 7) is 0.324. The lowest BCUT2D eigenvalue weighted by atomic mass is 10.1. The fraction of sp³-hybridized carbons (Fsp3) is 0.250. The molecule has 0 radical (unpaired) electrons. The molecule has 0 aliphatic rings. The van der Waals surface area contributed by atoms with Crippen LogP contribution in [-0.4, -0.2) is 32.7 Å². The maximum Gasteiger partial charge on any atom is 0.213 e. The minimum absolute atomic E-state index is 0.0143. The zero-order chi connectivity index (χ0) is 13.9. The molecule has 1 heterocycles. The quantitative estimate of drug-likeness (QED) is 0.703. The van der Waals surface area contributed by atoms with E-state index < -0.39 is 10.0 Å². The van der Waals surface area contributed by atoms with E-state index >= 15 is 0 Å². The summed E-state index contributed by atoms with van der Waals surface area (Å²) in [6.07, 6.45) is 3.37. The highest BCUT2D eigenvalue weighted by atomic mass is 32.2. The maximum atomic E-state index is 11.3. The van der Waals surface area contributed by atoms with E-state index in [9.17, 15) is 8.42 Å². The van der Waals surface area contributed by atoms with Gasteiger partial charge in [-0.3, -0.25) is 4.98 Å². The Morgan fingerprint density at radius 2 is 2.05 bits per heavy atom. The summed E-state index contributed by atoms with van der Waals surface area (Å²) in [6, 6.07) is 5.46. The molecule has 4 N–H and O–H groups in total. The lowest BCUT2D eigenvalue weighted by Gasteiger charge is -2.11. The topological polar surface area (TPSA) is 97.1 Å². The number of nitrogens with two attached hydrogens (primary N) is 1. The van der Waals surface area contributed by atoms with Crippen LogP contribution in [0.5, 0.6) is 0 Å². The third kappa shape index (κ3) is 3.12. The predicted octanol–water partition coefficient (Wildman–Crippen LogP) is 0.778. The average molecular weight is 280 g/mol. The van der Waals surface area contributed by atoms with Gasteiger partial charge in [-0.05, 0) is 25.2 Å². The summed E-state index contributed by atoms with van der Waals surface area (Å²) in [5, 5.41) is 4.88. The Morgan fingerprint density at radius 3 is 2.79 bits per heavy atom. The Bertz CT molecular complexity index is 685. The molecule has 0 amide bonds. The van der Waals surface area contributed by atoms with Gasteiger partial charge in [0.25, 0.3) is 0 Å². The minimum atomic E-state index is -3.20. The van der Waals surface area contributed by atoms with Crippen LogP contribution in [0.4, 0.5) is 11.4 Å². The second-order valence-corrected chi connectivity index (χ2v) is 6.12. The third-order valence-corrected chi connectivity index (χ3v) is 4.21. The van der Waals surface area contributed by atoms with Gasteiger partial charge in [0.15, 0.2) is 0 Å². The molecule has 2 aromatic rings. The molecule has 1 aromatic carbocycles. The van der Waals surface area contributed by atoms with Crippen molar-refractivity contribution in [2.75, 3.05) is 30.4 Å². The van der Waals surface area contributed by atoms with Crippen molar-refractivity contribution in [3.8, 4) is 0 Å². The van der Waals surface area contributed by atoms with E-state index in [2.05, 4.69) is 15.0 Å². The Hall–Kier alpha value is -1.86. The molecule has 0 atom stereocenters. The first kappa shape index (κ1) is 13.6. The number of hydrogen-bond donors (Lipinski definition) is 3. The molecule has 1 aromatic heterocycles. The van der Waals surface area contributed by atoms with Crippen LogP contribution in [0.3, 0.4) is 0 Å². The number of pyridine rings is 1. The first-order chi connectivity index (χ1) is 9.03. The van der Waals surface area contributed by atoms with Crippen molar-refractivity contribution in [1.82, 2.24) is 9.71 Å². The largest absolute Gasteiger partial charge is 0.398 e. The van der Waals surface area contributed by atoms with Crippen LogP contribution in [0.1, 0.15) is 0 Å². The predicted molar refractivity (Wildman–Crippen MR) is 77.5 cm³/mol. The van der Waals surface area contributed by atoms with Gasteiger partial charge < -0.3 is 11.1 Å². The van der Waals surface area contributed by atoms with E-state index in [1.54, 1.807) is 18.5 Å². The lowest BCUT2D eigenvalue weighted by molar-refractivity contribution is 0.588. The normalized spacial score (nSPS) is 11.6. The van der Waals surface area contributed by atoms with Crippen molar-refractivity contribution < 1.29 is 8.42 Å². The molecule has 0 saturated heterocycles. The van der Waals surface area contributed by atoms with Crippen LogP contribution < -0.4 is 15.8 Å². The number of nitrogens with zero attached hydrogens (tertiary/aromatic N) is 1. The van der Waals surface area contributed by atoms with Crippen LogP contribution in [0.25, 0.3) is 10.8 Å². The van der Waals surface area contributed by atoms with Crippen LogP contribution in [0.2, 0.25) is 0 Å². The molecule has 0 fully saturated rings. The Morgan fingerprint density at radius 1 is 1.26 bits per heavy atom. The van der Waals surface area contributed by atoms with Gasteiger partial charge >= 0.3 is 0 Å². The molecule has 6 nitrogen and oxygen atoms in total. The van der Waals surface area contributed by atoms with Gasteiger partial charge in [0.1, 0.15) is 0 Å². The van der Waals surface area contributed by atoms with Gasteiger partial charge in [0.2, 0.25) is 10.0 Å². The number of fused-ring (bicyclic) bond motifs is 1. The summed E-state index contributed by atoms with van der Waals surface area (Å²) >= 11 is 0. The van der Waals surface area contributed by atoms with Crippen LogP contribution in [-0.2, 0) is 10.0 Å². The fourth-order valence-corrected chi connectivity index (χ4v) is 2.36. The number of benzene rings is 1. The lowest BCUT2D eigenvalue weighted by Crippen LogP contribution is -2.26. The molecule has 0 aliphatic carbocycles. The van der Waals surface area contributed by atoms with E-state index in [-0.39, 0.29) is 5.75 Å². The highest BCUT2D eigenvalue weighted by molar-refractivity contribution is 7.89. The summed E-state index contributed by atoms with van der Waals surface area (Å²) in [7, 11) is -1.80. The van der Waals surface area contributed by atoms with Gasteiger partial charge in [0.05, 0.1) is 5.75 Å². The highest BCUT2D eigenvalue weighted by Gasteiger charge is 2.07. The molecule has 0 bridgehead atoms. The van der Waals surface area contributed by atoms with Gasteiger partial charge in [-0.2, -0.15) is 0 Å². The Kier molecular flexibility index (Phi) is 3.87. The number of aromatic nitrogens is 1. The van der Waals surface area contributed by atoms with Gasteiger partial charge in [-0.1, -0.05) is 0 Å². The minimum Gasteiger partial charge on any atom is -0.398 e. The van der Waals surface area contributed by atoms with Crippen LogP contribution >= 0.6 is 0 Å². The fourth-order valence-electron chi connectivity index (χ4n) is 1.79. The standard InChI is InChI=1S/C12H16N4O2S/c1-14-19(17,18)7-6-16-12-3-2-11(13)10-8-15-5-4-9(10)12/h2-5,8,14,16H,6-7,13H2,1H3. The van der Waals surface area contributed by atoms with Crippen molar-refractivity contribution in [3.05, 3.63) is 30.6 Å². The second-order valence-electron chi connectivity index (χ2n) is 4.07. The first-order valence-corrected chi connectivity index (χ1v) is 7.46. The summed E-state index contributed by atoms with van der Waals surface area (Å²) in [4.78, 5) is 4.03. The Balaban J connectivity index is 2.20. The monoisotopic (exact) mass is 280 g/mol. The van der Waals surface area contributed by atoms with Crippen molar-refractivity contribution in [3.63, 3.8) is 0 Å². The molecule has 102 valence electrons. The number of rotatable bonds is 5. The summed E-state index contributed by atoms with van der Waals surface area (Å²) < 4.78 is 24.9. The second kappa shape index (κ2) is 5.41. The molecule has 0 spiro atoms. The van der Waals surface area contributed by atoms with Gasteiger partial charge in [-0.15, -0.1) is 0 Å². The van der Waals surface area contributed by atoms with Crippen molar-refractivity contribution in [1.29, 1.82) is 0 Å². The smallest absolute Gasteiger partial charge is 0.213 e. The van der Waals surface area contributed by atoms with Crippen LogP contribution in [0, 0.1) is 0 Å². The number of nitrogen functional groups attached to an aromatic ring is 1. The molecular formula is C12H16N4O2S. The van der Waals surface area contributed by atoms with Gasteiger partial charge in [0, 0.05) is 41.1 Å². The number of sulfonamides is 1.